The third kappa shape index (κ3) is 3.66. The van der Waals surface area contributed by atoms with Crippen LogP contribution in [-0.4, -0.2) is 6.54 Å². The van der Waals surface area contributed by atoms with Gasteiger partial charge in [0.05, 0.1) is 4.47 Å². The van der Waals surface area contributed by atoms with E-state index in [1.807, 2.05) is 6.92 Å². The molecule has 0 saturated heterocycles. The molecule has 2 rings (SSSR count). The van der Waals surface area contributed by atoms with Crippen molar-refractivity contribution in [2.45, 2.75) is 19.4 Å². The number of nitrogens with one attached hydrogen (secondary N) is 1. The molecule has 0 aromatic heterocycles. The first-order valence-electron chi connectivity index (χ1n) is 6.64. The molecule has 0 amide bonds. The zero-order valence-electron chi connectivity index (χ0n) is 11.5. The minimum Gasteiger partial charge on any atom is -0.310 e. The molecule has 0 bridgehead atoms. The van der Waals surface area contributed by atoms with Crippen molar-refractivity contribution in [3.05, 3.63) is 69.4 Å². The maximum absolute atomic E-state index is 14.2. The van der Waals surface area contributed by atoms with Crippen LogP contribution in [0.25, 0.3) is 0 Å². The van der Waals surface area contributed by atoms with E-state index in [0.717, 1.165) is 6.07 Å². The molecule has 1 N–H and O–H groups in total. The van der Waals surface area contributed by atoms with Crippen LogP contribution >= 0.6 is 15.9 Å². The predicted octanol–water partition coefficient (Wildman–Crippen LogP) is 4.76. The summed E-state index contributed by atoms with van der Waals surface area (Å²) in [6, 6.07) is 8.57. The van der Waals surface area contributed by atoms with Crippen molar-refractivity contribution >= 4 is 15.9 Å². The minimum atomic E-state index is -0.891. The summed E-state index contributed by atoms with van der Waals surface area (Å²) in [6.07, 6.45) is 0.171. The monoisotopic (exact) mass is 357 g/mol. The Hall–Kier alpha value is -1.33. The molecule has 112 valence electrons. The first-order valence-corrected chi connectivity index (χ1v) is 7.44. The van der Waals surface area contributed by atoms with Gasteiger partial charge in [-0.15, -0.1) is 0 Å². The van der Waals surface area contributed by atoms with Crippen LogP contribution in [0.1, 0.15) is 24.1 Å². The SMILES string of the molecule is CCNC(Cc1cccc(F)c1F)c1cccc(Br)c1F. The Kier molecular flexibility index (Phi) is 5.42. The Morgan fingerprint density at radius 3 is 2.48 bits per heavy atom. The van der Waals surface area contributed by atoms with Crippen molar-refractivity contribution in [2.24, 2.45) is 0 Å². The first-order chi connectivity index (χ1) is 10.0. The van der Waals surface area contributed by atoms with Crippen LogP contribution in [0, 0.1) is 17.5 Å². The van der Waals surface area contributed by atoms with Gasteiger partial charge in [-0.3, -0.25) is 0 Å². The molecule has 1 nitrogen and oxygen atoms in total. The zero-order chi connectivity index (χ0) is 15.4. The normalized spacial score (nSPS) is 12.4. The number of benzene rings is 2. The Labute approximate surface area is 130 Å². The maximum atomic E-state index is 14.2. The van der Waals surface area contributed by atoms with Gasteiger partial charge in [0.2, 0.25) is 0 Å². The molecule has 0 aliphatic rings. The lowest BCUT2D eigenvalue weighted by molar-refractivity contribution is 0.471. The molecule has 0 spiro atoms. The van der Waals surface area contributed by atoms with E-state index in [4.69, 9.17) is 0 Å². The molecule has 5 heteroatoms. The van der Waals surface area contributed by atoms with Crippen LogP contribution in [0.3, 0.4) is 0 Å². The third-order valence-electron chi connectivity index (χ3n) is 3.26. The lowest BCUT2D eigenvalue weighted by atomic mass is 9.98. The summed E-state index contributed by atoms with van der Waals surface area (Å²) >= 11 is 3.14. The van der Waals surface area contributed by atoms with Crippen LogP contribution < -0.4 is 5.32 Å². The van der Waals surface area contributed by atoms with E-state index in [0.29, 0.717) is 16.6 Å². The van der Waals surface area contributed by atoms with Crippen molar-refractivity contribution < 1.29 is 13.2 Å². The average Bonchev–Trinajstić information content (AvgIpc) is 2.46. The van der Waals surface area contributed by atoms with Gasteiger partial charge in [0.25, 0.3) is 0 Å². The standard InChI is InChI=1S/C16H15BrF3N/c1-2-21-14(11-6-4-7-12(17)16(11)20)9-10-5-3-8-13(18)15(10)19/h3-8,14,21H,2,9H2,1H3. The molecule has 0 saturated carbocycles. The number of hydrogen-bond donors (Lipinski definition) is 1. The molecule has 0 fully saturated rings. The highest BCUT2D eigenvalue weighted by molar-refractivity contribution is 9.10. The highest BCUT2D eigenvalue weighted by Gasteiger charge is 2.19. The molecule has 1 unspecified atom stereocenters. The molecule has 2 aromatic rings. The van der Waals surface area contributed by atoms with Crippen molar-refractivity contribution in [1.29, 1.82) is 0 Å². The summed E-state index contributed by atoms with van der Waals surface area (Å²) in [6.45, 7) is 2.47. The maximum Gasteiger partial charge on any atom is 0.162 e. The van der Waals surface area contributed by atoms with Crippen molar-refractivity contribution in [2.75, 3.05) is 6.54 Å². The second kappa shape index (κ2) is 7.09. The number of rotatable bonds is 5. The summed E-state index contributed by atoms with van der Waals surface area (Å²) in [7, 11) is 0. The highest BCUT2D eigenvalue weighted by Crippen LogP contribution is 2.27. The Balaban J connectivity index is 2.35. The highest BCUT2D eigenvalue weighted by atomic mass is 79.9. The fraction of sp³-hybridized carbons (Fsp3) is 0.250. The second-order valence-electron chi connectivity index (χ2n) is 4.67. The second-order valence-corrected chi connectivity index (χ2v) is 5.52. The fourth-order valence-electron chi connectivity index (χ4n) is 2.25. The van der Waals surface area contributed by atoms with Gasteiger partial charge in [0, 0.05) is 11.6 Å². The summed E-state index contributed by atoms with van der Waals surface area (Å²) in [5.41, 5.74) is 0.648. The van der Waals surface area contributed by atoms with E-state index in [1.165, 1.54) is 12.1 Å². The van der Waals surface area contributed by atoms with Gasteiger partial charge in [-0.2, -0.15) is 0 Å². The summed E-state index contributed by atoms with van der Waals surface area (Å²) in [5, 5.41) is 3.11. The van der Waals surface area contributed by atoms with Gasteiger partial charge in [-0.1, -0.05) is 31.2 Å². The van der Waals surface area contributed by atoms with Crippen molar-refractivity contribution in [3.63, 3.8) is 0 Å². The zero-order valence-corrected chi connectivity index (χ0v) is 13.1. The van der Waals surface area contributed by atoms with E-state index >= 15 is 0 Å². The fourth-order valence-corrected chi connectivity index (χ4v) is 2.64. The Bertz CT molecular complexity index is 631. The molecule has 0 radical (unpaired) electrons. The van der Waals surface area contributed by atoms with Crippen molar-refractivity contribution in [1.82, 2.24) is 5.32 Å². The van der Waals surface area contributed by atoms with Crippen LogP contribution in [-0.2, 0) is 6.42 Å². The van der Waals surface area contributed by atoms with Gasteiger partial charge in [-0.05, 0) is 46.6 Å². The summed E-state index contributed by atoms with van der Waals surface area (Å²) in [5.74, 6) is -2.16. The van der Waals surface area contributed by atoms with Gasteiger partial charge in [0.1, 0.15) is 5.82 Å². The summed E-state index contributed by atoms with van der Waals surface area (Å²) < 4.78 is 41.6. The van der Waals surface area contributed by atoms with Gasteiger partial charge < -0.3 is 5.32 Å². The van der Waals surface area contributed by atoms with E-state index in [9.17, 15) is 13.2 Å². The Morgan fingerprint density at radius 1 is 1.05 bits per heavy atom. The summed E-state index contributed by atoms with van der Waals surface area (Å²) in [4.78, 5) is 0. The van der Waals surface area contributed by atoms with Gasteiger partial charge in [0.15, 0.2) is 11.6 Å². The topological polar surface area (TPSA) is 12.0 Å². The Morgan fingerprint density at radius 2 is 1.76 bits per heavy atom. The largest absolute Gasteiger partial charge is 0.310 e. The lowest BCUT2D eigenvalue weighted by Crippen LogP contribution is -2.24. The average molecular weight is 358 g/mol. The van der Waals surface area contributed by atoms with Crippen LogP contribution in [0.5, 0.6) is 0 Å². The number of likely N-dealkylation sites (N-methyl/N-ethyl adjacent to an activating group) is 1. The lowest BCUT2D eigenvalue weighted by Gasteiger charge is -2.20. The van der Waals surface area contributed by atoms with Crippen LogP contribution in [0.4, 0.5) is 13.2 Å². The third-order valence-corrected chi connectivity index (χ3v) is 3.88. The number of halogens is 4. The van der Waals surface area contributed by atoms with Crippen LogP contribution in [0.15, 0.2) is 40.9 Å². The van der Waals surface area contributed by atoms with Gasteiger partial charge >= 0.3 is 0 Å². The van der Waals surface area contributed by atoms with Gasteiger partial charge in [-0.25, -0.2) is 13.2 Å². The molecule has 0 aliphatic heterocycles. The van der Waals surface area contributed by atoms with E-state index < -0.39 is 17.7 Å². The number of hydrogen-bond acceptors (Lipinski definition) is 1. The molecule has 21 heavy (non-hydrogen) atoms. The molecule has 0 aliphatic carbocycles. The molecular formula is C16H15BrF3N. The smallest absolute Gasteiger partial charge is 0.162 e. The predicted molar refractivity (Wildman–Crippen MR) is 80.6 cm³/mol. The van der Waals surface area contributed by atoms with E-state index in [1.54, 1.807) is 18.2 Å². The minimum absolute atomic E-state index is 0.171. The molecular weight excluding hydrogens is 343 g/mol. The van der Waals surface area contributed by atoms with Crippen molar-refractivity contribution in [3.8, 4) is 0 Å². The molecule has 2 aromatic carbocycles. The molecule has 1 atom stereocenters. The first kappa shape index (κ1) is 16.0. The van der Waals surface area contributed by atoms with E-state index in [2.05, 4.69) is 21.2 Å². The quantitative estimate of drug-likeness (QED) is 0.813. The molecule has 0 heterocycles. The van der Waals surface area contributed by atoms with Crippen LogP contribution in [0.2, 0.25) is 0 Å². The van der Waals surface area contributed by atoms with E-state index in [-0.39, 0.29) is 17.8 Å².